The van der Waals surface area contributed by atoms with Crippen LogP contribution in [0, 0.1) is 0 Å². The molecule has 39 heavy (non-hydrogen) atoms. The van der Waals surface area contributed by atoms with Gasteiger partial charge in [-0.15, -0.1) is 0 Å². The SMILES string of the molecule is C[C@H](CSCC(C)(F)F)NC(=O)c1ccc(/C(F)=C/C(c2cc(Cl)c(Cl)c(Cl)c2)C(F)(F)F)cc1C(F)(F)F. The fourth-order valence-corrected chi connectivity index (χ4v) is 4.79. The van der Waals surface area contributed by atoms with Crippen molar-refractivity contribution in [1.29, 1.82) is 0 Å². The van der Waals surface area contributed by atoms with E-state index < -0.39 is 70.0 Å². The predicted octanol–water partition coefficient (Wildman–Crippen LogP) is 9.83. The lowest BCUT2D eigenvalue weighted by Gasteiger charge is -2.20. The normalized spacial score (nSPS) is 14.8. The van der Waals surface area contributed by atoms with Gasteiger partial charge in [0.2, 0.25) is 0 Å². The second-order valence-electron chi connectivity index (χ2n) is 8.55. The number of thioether (sulfide) groups is 1. The van der Waals surface area contributed by atoms with Crippen LogP contribution in [-0.4, -0.2) is 35.6 Å². The quantitative estimate of drug-likeness (QED) is 0.217. The highest BCUT2D eigenvalue weighted by molar-refractivity contribution is 7.99. The van der Waals surface area contributed by atoms with Gasteiger partial charge in [-0.2, -0.15) is 38.1 Å². The van der Waals surface area contributed by atoms with Crippen LogP contribution in [0.15, 0.2) is 36.4 Å². The maximum Gasteiger partial charge on any atom is 0.417 e. The van der Waals surface area contributed by atoms with E-state index in [2.05, 4.69) is 5.32 Å². The second kappa shape index (κ2) is 12.8. The Hall–Kier alpha value is -1.76. The summed E-state index contributed by atoms with van der Waals surface area (Å²) >= 11 is 18.1. The molecule has 0 fully saturated rings. The largest absolute Gasteiger partial charge is 0.417 e. The maximum atomic E-state index is 15.0. The van der Waals surface area contributed by atoms with Gasteiger partial charge in [0.15, 0.2) is 0 Å². The fourth-order valence-electron chi connectivity index (χ4n) is 3.26. The third-order valence-electron chi connectivity index (χ3n) is 4.98. The number of hydrogen-bond acceptors (Lipinski definition) is 2. The molecule has 0 spiro atoms. The Morgan fingerprint density at radius 3 is 2.05 bits per heavy atom. The molecule has 2 rings (SSSR count). The van der Waals surface area contributed by atoms with E-state index in [4.69, 9.17) is 34.8 Å². The highest BCUT2D eigenvalue weighted by Crippen LogP contribution is 2.43. The molecule has 1 unspecified atom stereocenters. The zero-order valence-electron chi connectivity index (χ0n) is 19.9. The lowest BCUT2D eigenvalue weighted by Crippen LogP contribution is -2.36. The van der Waals surface area contributed by atoms with Crippen LogP contribution >= 0.6 is 46.6 Å². The van der Waals surface area contributed by atoms with Crippen LogP contribution in [0.5, 0.6) is 0 Å². The van der Waals surface area contributed by atoms with Gasteiger partial charge in [0.05, 0.1) is 31.9 Å². The van der Waals surface area contributed by atoms with E-state index in [1.165, 1.54) is 6.92 Å². The number of amides is 1. The van der Waals surface area contributed by atoms with E-state index in [-0.39, 0.29) is 33.0 Å². The summed E-state index contributed by atoms with van der Waals surface area (Å²) < 4.78 is 123. The number of hydrogen-bond donors (Lipinski definition) is 1. The van der Waals surface area contributed by atoms with Gasteiger partial charge in [0, 0.05) is 24.3 Å². The fraction of sp³-hybridized carbons (Fsp3) is 0.375. The van der Waals surface area contributed by atoms with Crippen molar-refractivity contribution in [2.75, 3.05) is 11.5 Å². The molecule has 2 atom stereocenters. The molecule has 1 amide bonds. The maximum absolute atomic E-state index is 15.0. The lowest BCUT2D eigenvalue weighted by atomic mass is 9.95. The van der Waals surface area contributed by atoms with Gasteiger partial charge in [-0.3, -0.25) is 4.79 Å². The second-order valence-corrected chi connectivity index (χ2v) is 10.8. The summed E-state index contributed by atoms with van der Waals surface area (Å²) in [6.07, 6.45) is -10.2. The molecule has 0 saturated heterocycles. The molecule has 0 aliphatic carbocycles. The first-order chi connectivity index (χ1) is 17.7. The third kappa shape index (κ3) is 9.68. The Balaban J connectivity index is 2.42. The van der Waals surface area contributed by atoms with Crippen molar-refractivity contribution in [3.63, 3.8) is 0 Å². The van der Waals surface area contributed by atoms with Gasteiger partial charge in [-0.1, -0.05) is 40.9 Å². The van der Waals surface area contributed by atoms with Crippen LogP contribution in [0.25, 0.3) is 5.83 Å². The minimum Gasteiger partial charge on any atom is -0.349 e. The van der Waals surface area contributed by atoms with Crippen molar-refractivity contribution in [2.24, 2.45) is 0 Å². The molecule has 216 valence electrons. The number of allylic oxidation sites excluding steroid dienone is 1. The minimum absolute atomic E-state index is 0.0382. The van der Waals surface area contributed by atoms with Crippen LogP contribution < -0.4 is 5.32 Å². The molecular weight excluding hydrogens is 628 g/mol. The summed E-state index contributed by atoms with van der Waals surface area (Å²) in [5.41, 5.74) is -4.03. The lowest BCUT2D eigenvalue weighted by molar-refractivity contribution is -0.140. The van der Waals surface area contributed by atoms with Gasteiger partial charge >= 0.3 is 12.4 Å². The zero-order chi connectivity index (χ0) is 29.9. The molecular formula is C24H19Cl3F9NOS. The van der Waals surface area contributed by atoms with Crippen LogP contribution in [0.3, 0.4) is 0 Å². The molecule has 2 nitrogen and oxygen atoms in total. The van der Waals surface area contributed by atoms with Crippen molar-refractivity contribution in [2.45, 2.75) is 44.1 Å². The van der Waals surface area contributed by atoms with Gasteiger partial charge in [0.25, 0.3) is 11.8 Å². The smallest absolute Gasteiger partial charge is 0.349 e. The molecule has 0 saturated carbocycles. The first-order valence-corrected chi connectivity index (χ1v) is 13.1. The molecule has 15 heteroatoms. The van der Waals surface area contributed by atoms with Crippen molar-refractivity contribution < 1.29 is 44.3 Å². The zero-order valence-corrected chi connectivity index (χ0v) is 23.0. The van der Waals surface area contributed by atoms with Crippen molar-refractivity contribution in [1.82, 2.24) is 5.32 Å². The summed E-state index contributed by atoms with van der Waals surface area (Å²) in [4.78, 5) is 12.5. The first kappa shape index (κ1) is 33.4. The topological polar surface area (TPSA) is 29.1 Å². The first-order valence-electron chi connectivity index (χ1n) is 10.8. The molecule has 0 aliphatic rings. The number of carbonyl (C=O) groups is 1. The molecule has 1 N–H and O–H groups in total. The molecule has 0 bridgehead atoms. The van der Waals surface area contributed by atoms with Gasteiger partial charge in [-0.05, 0) is 42.8 Å². The molecule has 0 aromatic heterocycles. The van der Waals surface area contributed by atoms with Crippen molar-refractivity contribution in [3.05, 3.63) is 73.7 Å². The molecule has 2 aromatic rings. The molecule has 2 aromatic carbocycles. The van der Waals surface area contributed by atoms with E-state index in [0.29, 0.717) is 19.1 Å². The Kier molecular flexibility index (Phi) is 11.0. The average molecular weight is 647 g/mol. The number of rotatable bonds is 9. The van der Waals surface area contributed by atoms with Gasteiger partial charge < -0.3 is 5.32 Å². The standard InChI is InChI=1S/C24H19Cl3F9NOS/c1-11(9-39-10-22(2,29)30)37-21(38)14-4-3-12(5-16(14)24(34,35)36)19(28)8-15(23(31,32)33)13-6-17(25)20(27)18(26)7-13/h3-8,11,15H,9-10H2,1-2H3,(H,37,38)/b19-8-/t11-,15?/m1/s1. The van der Waals surface area contributed by atoms with E-state index in [1.807, 2.05) is 0 Å². The Morgan fingerprint density at radius 1 is 1.00 bits per heavy atom. The third-order valence-corrected chi connectivity index (χ3v) is 7.62. The Bertz CT molecular complexity index is 1200. The van der Waals surface area contributed by atoms with E-state index in [9.17, 15) is 44.3 Å². The van der Waals surface area contributed by atoms with Crippen LogP contribution in [0.1, 0.15) is 46.8 Å². The number of nitrogens with one attached hydrogen (secondary N) is 1. The minimum atomic E-state index is -5.19. The van der Waals surface area contributed by atoms with Gasteiger partial charge in [-0.25, -0.2) is 13.2 Å². The number of benzene rings is 2. The molecule has 0 heterocycles. The summed E-state index contributed by atoms with van der Waals surface area (Å²) in [5, 5.41) is 1.28. The molecule has 0 aliphatic heterocycles. The van der Waals surface area contributed by atoms with Crippen LogP contribution in [-0.2, 0) is 6.18 Å². The van der Waals surface area contributed by atoms with Crippen LogP contribution in [0.4, 0.5) is 39.5 Å². The average Bonchev–Trinajstić information content (AvgIpc) is 2.77. The Labute approximate surface area is 236 Å². The number of alkyl halides is 8. The summed E-state index contributed by atoms with van der Waals surface area (Å²) in [6, 6.07) is 2.31. The van der Waals surface area contributed by atoms with Crippen molar-refractivity contribution >= 4 is 58.3 Å². The summed E-state index contributed by atoms with van der Waals surface area (Å²) in [6.45, 7) is 2.07. The van der Waals surface area contributed by atoms with Crippen molar-refractivity contribution in [3.8, 4) is 0 Å². The predicted molar refractivity (Wildman–Crippen MR) is 136 cm³/mol. The highest BCUT2D eigenvalue weighted by Gasteiger charge is 2.41. The number of carbonyl (C=O) groups excluding carboxylic acids is 1. The van der Waals surface area contributed by atoms with Crippen LogP contribution in [0.2, 0.25) is 15.1 Å². The Morgan fingerprint density at radius 2 is 1.56 bits per heavy atom. The highest BCUT2D eigenvalue weighted by atomic mass is 35.5. The summed E-state index contributed by atoms with van der Waals surface area (Å²) in [5.74, 6) is -9.15. The van der Waals surface area contributed by atoms with Gasteiger partial charge in [0.1, 0.15) is 11.7 Å². The van der Waals surface area contributed by atoms with E-state index in [0.717, 1.165) is 23.9 Å². The summed E-state index contributed by atoms with van der Waals surface area (Å²) in [7, 11) is 0. The van der Waals surface area contributed by atoms with E-state index >= 15 is 0 Å². The monoisotopic (exact) mass is 645 g/mol. The number of halogens is 12. The molecule has 0 radical (unpaired) electrons. The van der Waals surface area contributed by atoms with E-state index in [1.54, 1.807) is 0 Å².